The Labute approximate surface area is 459 Å². The van der Waals surface area contributed by atoms with E-state index in [4.69, 9.17) is 0 Å². The van der Waals surface area contributed by atoms with Gasteiger partial charge in [0.2, 0.25) is 0 Å². The van der Waals surface area contributed by atoms with Crippen LogP contribution in [0.3, 0.4) is 0 Å². The lowest BCUT2D eigenvalue weighted by molar-refractivity contribution is 1.48. The minimum atomic E-state index is 1.15. The largest absolute Gasteiger partial charge is 0.0622 e. The van der Waals surface area contributed by atoms with E-state index in [9.17, 15) is 0 Å². The standard InChI is InChI=1S/C78H56/c1-9-25-61(26-10-1)73(62-27-11-2-12-28-62)76(67-37-21-7-22-38-67)69-49-41-57(42-50-69)59-45-53-71(54-46-59)78(75(65-33-17-5-18-34-65)66-35-19-6-20-36-66)72-55-47-60(48-56-72)58-43-51-70(52-44-58)77(68-39-23-8-24-40-68)74(63-29-13-3-14-30-63)64-31-15-4-16-32-64/h1-56H. The van der Waals surface area contributed by atoms with Crippen LogP contribution in [-0.2, 0) is 0 Å². The van der Waals surface area contributed by atoms with Gasteiger partial charge in [0, 0.05) is 0 Å². The monoisotopic (exact) mass is 992 g/mol. The Morgan fingerprint density at radius 2 is 0.205 bits per heavy atom. The first-order chi connectivity index (χ1) is 38.7. The Morgan fingerprint density at radius 3 is 0.321 bits per heavy atom. The predicted molar refractivity (Wildman–Crippen MR) is 330 cm³/mol. The zero-order valence-electron chi connectivity index (χ0n) is 43.3. The van der Waals surface area contributed by atoms with E-state index in [2.05, 4.69) is 340 Å². The summed E-state index contributed by atoms with van der Waals surface area (Å²) in [5.41, 5.74) is 25.9. The van der Waals surface area contributed by atoms with Crippen molar-refractivity contribution >= 4 is 33.4 Å². The molecule has 0 amide bonds. The van der Waals surface area contributed by atoms with Gasteiger partial charge in [0.05, 0.1) is 0 Å². The summed E-state index contributed by atoms with van der Waals surface area (Å²) in [6.45, 7) is 0. The van der Waals surface area contributed by atoms with Crippen LogP contribution < -0.4 is 0 Å². The van der Waals surface area contributed by atoms with Crippen LogP contribution in [0.1, 0.15) is 66.8 Å². The van der Waals surface area contributed by atoms with Crippen molar-refractivity contribution in [3.8, 4) is 22.3 Å². The molecule has 368 valence electrons. The van der Waals surface area contributed by atoms with Gasteiger partial charge >= 0.3 is 0 Å². The Morgan fingerprint density at radius 1 is 0.103 bits per heavy atom. The molecule has 0 aliphatic carbocycles. The SMILES string of the molecule is c1ccc(C(=C(c2ccccc2)c2ccc(-c3ccc(C(=C(c4ccccc4)c4ccccc4)c4ccc(-c5ccc(C(=C(c6ccccc6)c6ccccc6)c6ccccc6)cc5)cc4)cc3)cc2)c2ccccc2)cc1. The van der Waals surface area contributed by atoms with Crippen molar-refractivity contribution in [2.45, 2.75) is 0 Å². The van der Waals surface area contributed by atoms with Crippen LogP contribution in [-0.4, -0.2) is 0 Å². The molecule has 0 aromatic heterocycles. The molecule has 0 aliphatic rings. The number of rotatable bonds is 14. The average molecular weight is 993 g/mol. The van der Waals surface area contributed by atoms with Gasteiger partial charge in [0.15, 0.2) is 0 Å². The fraction of sp³-hybridized carbons (Fsp3) is 0. The summed E-state index contributed by atoms with van der Waals surface area (Å²) in [5, 5.41) is 0. The molecule has 0 saturated heterocycles. The van der Waals surface area contributed by atoms with Crippen LogP contribution >= 0.6 is 0 Å². The lowest BCUT2D eigenvalue weighted by atomic mass is 9.84. The first-order valence-electron chi connectivity index (χ1n) is 26.8. The zero-order valence-corrected chi connectivity index (χ0v) is 43.3. The summed E-state index contributed by atoms with van der Waals surface area (Å²) in [6.07, 6.45) is 0. The Hall–Kier alpha value is -10.1. The van der Waals surface area contributed by atoms with Crippen molar-refractivity contribution in [3.63, 3.8) is 0 Å². The van der Waals surface area contributed by atoms with Gasteiger partial charge in [-0.2, -0.15) is 0 Å². The van der Waals surface area contributed by atoms with Crippen molar-refractivity contribution in [1.29, 1.82) is 0 Å². The number of hydrogen-bond acceptors (Lipinski definition) is 0. The van der Waals surface area contributed by atoms with E-state index in [1.807, 2.05) is 0 Å². The van der Waals surface area contributed by atoms with Crippen LogP contribution in [0.15, 0.2) is 340 Å². The third-order valence-electron chi connectivity index (χ3n) is 14.6. The Balaban J connectivity index is 0.922. The fourth-order valence-electron chi connectivity index (χ4n) is 10.9. The molecule has 0 spiro atoms. The van der Waals surface area contributed by atoms with Gasteiger partial charge in [0.1, 0.15) is 0 Å². The minimum Gasteiger partial charge on any atom is -0.0622 e. The molecule has 0 heteroatoms. The molecule has 0 atom stereocenters. The molecule has 0 bridgehead atoms. The zero-order chi connectivity index (χ0) is 52.3. The van der Waals surface area contributed by atoms with Gasteiger partial charge in [0.25, 0.3) is 0 Å². The van der Waals surface area contributed by atoms with E-state index < -0.39 is 0 Å². The molecule has 0 N–H and O–H groups in total. The number of benzene rings is 12. The van der Waals surface area contributed by atoms with Gasteiger partial charge < -0.3 is 0 Å². The molecule has 0 unspecified atom stereocenters. The van der Waals surface area contributed by atoms with E-state index in [0.717, 1.165) is 33.4 Å². The van der Waals surface area contributed by atoms with E-state index in [0.29, 0.717) is 0 Å². The third-order valence-corrected chi connectivity index (χ3v) is 14.6. The van der Waals surface area contributed by atoms with Crippen molar-refractivity contribution in [2.24, 2.45) is 0 Å². The average Bonchev–Trinajstić information content (AvgIpc) is 3.55. The molecule has 0 aliphatic heterocycles. The van der Waals surface area contributed by atoms with Gasteiger partial charge in [-0.15, -0.1) is 0 Å². The second-order valence-corrected chi connectivity index (χ2v) is 19.5. The smallest absolute Gasteiger partial charge is 0.00268 e. The fourth-order valence-corrected chi connectivity index (χ4v) is 10.9. The molecular weight excluding hydrogens is 937 g/mol. The molecule has 0 radical (unpaired) electrons. The summed E-state index contributed by atoms with van der Waals surface area (Å²) in [7, 11) is 0. The highest BCUT2D eigenvalue weighted by Crippen LogP contribution is 2.42. The van der Waals surface area contributed by atoms with Gasteiger partial charge in [-0.25, -0.2) is 0 Å². The van der Waals surface area contributed by atoms with Gasteiger partial charge in [-0.05, 0) is 122 Å². The van der Waals surface area contributed by atoms with Crippen molar-refractivity contribution in [1.82, 2.24) is 0 Å². The second kappa shape index (κ2) is 23.2. The first kappa shape index (κ1) is 48.8. The van der Waals surface area contributed by atoms with Gasteiger partial charge in [-0.3, -0.25) is 0 Å². The maximum atomic E-state index is 2.30. The summed E-state index contributed by atoms with van der Waals surface area (Å²) in [4.78, 5) is 0. The molecule has 12 aromatic carbocycles. The van der Waals surface area contributed by atoms with Crippen molar-refractivity contribution in [3.05, 3.63) is 406 Å². The second-order valence-electron chi connectivity index (χ2n) is 19.5. The Bertz CT molecular complexity index is 3630. The van der Waals surface area contributed by atoms with Crippen molar-refractivity contribution < 1.29 is 0 Å². The van der Waals surface area contributed by atoms with Crippen molar-refractivity contribution in [2.75, 3.05) is 0 Å². The minimum absolute atomic E-state index is 1.15. The van der Waals surface area contributed by atoms with E-state index in [-0.39, 0.29) is 0 Å². The summed E-state index contributed by atoms with van der Waals surface area (Å²) >= 11 is 0. The highest BCUT2D eigenvalue weighted by Gasteiger charge is 2.20. The lowest BCUT2D eigenvalue weighted by Gasteiger charge is -2.19. The summed E-state index contributed by atoms with van der Waals surface area (Å²) in [6, 6.07) is 123. The first-order valence-corrected chi connectivity index (χ1v) is 26.8. The maximum absolute atomic E-state index is 2.30. The molecule has 0 heterocycles. The van der Waals surface area contributed by atoms with Crippen LogP contribution in [0.25, 0.3) is 55.7 Å². The van der Waals surface area contributed by atoms with Crippen LogP contribution in [0, 0.1) is 0 Å². The predicted octanol–water partition coefficient (Wildman–Crippen LogP) is 20.0. The summed E-state index contributed by atoms with van der Waals surface area (Å²) in [5.74, 6) is 0. The van der Waals surface area contributed by atoms with Crippen LogP contribution in [0.2, 0.25) is 0 Å². The maximum Gasteiger partial charge on any atom is -0.00268 e. The van der Waals surface area contributed by atoms with Crippen LogP contribution in [0.4, 0.5) is 0 Å². The molecule has 12 aromatic rings. The van der Waals surface area contributed by atoms with E-state index in [1.165, 1.54) is 89.1 Å². The molecule has 78 heavy (non-hydrogen) atoms. The number of hydrogen-bond donors (Lipinski definition) is 0. The topological polar surface area (TPSA) is 0 Å². The van der Waals surface area contributed by atoms with E-state index in [1.54, 1.807) is 0 Å². The molecular formula is C78H56. The van der Waals surface area contributed by atoms with Crippen LogP contribution in [0.5, 0.6) is 0 Å². The molecule has 12 rings (SSSR count). The Kier molecular flexibility index (Phi) is 14.5. The quantitative estimate of drug-likeness (QED) is 0.0953. The third kappa shape index (κ3) is 10.6. The molecule has 0 saturated carbocycles. The normalized spacial score (nSPS) is 10.8. The highest BCUT2D eigenvalue weighted by molar-refractivity contribution is 6.07. The summed E-state index contributed by atoms with van der Waals surface area (Å²) < 4.78 is 0. The van der Waals surface area contributed by atoms with E-state index >= 15 is 0 Å². The highest BCUT2D eigenvalue weighted by atomic mass is 14.2. The molecule has 0 nitrogen and oxygen atoms in total. The van der Waals surface area contributed by atoms with Gasteiger partial charge in [-0.1, -0.05) is 340 Å². The lowest BCUT2D eigenvalue weighted by Crippen LogP contribution is -1.98. The molecule has 0 fully saturated rings.